The third-order valence-corrected chi connectivity index (χ3v) is 4.71. The standard InChI is InChI=1S/C19H20ClN3O2/c1-12-7-8-15(9-13(12)2)23-11-14(10-18(23)24)21-19(25)22-17-6-4-3-5-16(17)20/h3-9,14H,10-11H2,1-2H3,(H2,21,22,25). The molecule has 1 saturated heterocycles. The molecule has 1 heterocycles. The van der Waals surface area contributed by atoms with Gasteiger partial charge >= 0.3 is 6.03 Å². The molecule has 2 aromatic carbocycles. The zero-order valence-electron chi connectivity index (χ0n) is 14.2. The fraction of sp³-hybridized carbons (Fsp3) is 0.263. The molecule has 1 atom stereocenters. The molecule has 0 aliphatic carbocycles. The van der Waals surface area contributed by atoms with Crippen molar-refractivity contribution < 1.29 is 9.59 Å². The van der Waals surface area contributed by atoms with Gasteiger partial charge in [-0.3, -0.25) is 4.79 Å². The van der Waals surface area contributed by atoms with Gasteiger partial charge in [0.1, 0.15) is 0 Å². The van der Waals surface area contributed by atoms with E-state index in [1.165, 1.54) is 5.56 Å². The third kappa shape index (κ3) is 3.94. The van der Waals surface area contributed by atoms with Crippen molar-refractivity contribution in [3.63, 3.8) is 0 Å². The quantitative estimate of drug-likeness (QED) is 0.875. The van der Waals surface area contributed by atoms with Crippen LogP contribution in [0.1, 0.15) is 17.5 Å². The molecule has 25 heavy (non-hydrogen) atoms. The monoisotopic (exact) mass is 357 g/mol. The van der Waals surface area contributed by atoms with E-state index in [0.717, 1.165) is 11.3 Å². The van der Waals surface area contributed by atoms with Crippen molar-refractivity contribution in [2.75, 3.05) is 16.8 Å². The molecule has 0 radical (unpaired) electrons. The summed E-state index contributed by atoms with van der Waals surface area (Å²) in [5, 5.41) is 6.02. The van der Waals surface area contributed by atoms with Crippen LogP contribution in [0.2, 0.25) is 5.02 Å². The van der Waals surface area contributed by atoms with Crippen molar-refractivity contribution in [3.8, 4) is 0 Å². The SMILES string of the molecule is Cc1ccc(N2CC(NC(=O)Nc3ccccc3Cl)CC2=O)cc1C. The Kier molecular flexibility index (Phi) is 4.95. The number of aryl methyl sites for hydroxylation is 2. The lowest BCUT2D eigenvalue weighted by Gasteiger charge is -2.18. The molecule has 0 spiro atoms. The van der Waals surface area contributed by atoms with Gasteiger partial charge in [-0.05, 0) is 49.2 Å². The summed E-state index contributed by atoms with van der Waals surface area (Å²) in [4.78, 5) is 26.2. The molecule has 3 rings (SSSR count). The number of amides is 3. The van der Waals surface area contributed by atoms with Gasteiger partial charge in [-0.1, -0.05) is 29.8 Å². The minimum atomic E-state index is -0.368. The van der Waals surface area contributed by atoms with E-state index in [-0.39, 0.29) is 24.4 Å². The molecular weight excluding hydrogens is 338 g/mol. The highest BCUT2D eigenvalue weighted by Crippen LogP contribution is 2.24. The van der Waals surface area contributed by atoms with E-state index < -0.39 is 0 Å². The van der Waals surface area contributed by atoms with Crippen LogP contribution in [0.4, 0.5) is 16.2 Å². The fourth-order valence-corrected chi connectivity index (χ4v) is 3.04. The number of hydrogen-bond donors (Lipinski definition) is 2. The normalized spacial score (nSPS) is 16.8. The van der Waals surface area contributed by atoms with Crippen molar-refractivity contribution in [1.82, 2.24) is 5.32 Å². The Morgan fingerprint density at radius 1 is 1.16 bits per heavy atom. The van der Waals surface area contributed by atoms with Gasteiger partial charge < -0.3 is 15.5 Å². The van der Waals surface area contributed by atoms with Crippen LogP contribution < -0.4 is 15.5 Å². The Morgan fingerprint density at radius 2 is 1.92 bits per heavy atom. The first kappa shape index (κ1) is 17.3. The Labute approximate surface area is 152 Å². The smallest absolute Gasteiger partial charge is 0.319 e. The number of nitrogens with zero attached hydrogens (tertiary/aromatic N) is 1. The number of nitrogens with one attached hydrogen (secondary N) is 2. The summed E-state index contributed by atoms with van der Waals surface area (Å²) < 4.78 is 0. The summed E-state index contributed by atoms with van der Waals surface area (Å²) in [5.41, 5.74) is 3.73. The van der Waals surface area contributed by atoms with E-state index >= 15 is 0 Å². The van der Waals surface area contributed by atoms with Gasteiger partial charge in [0.25, 0.3) is 0 Å². The van der Waals surface area contributed by atoms with Gasteiger partial charge in [-0.15, -0.1) is 0 Å². The second-order valence-electron chi connectivity index (χ2n) is 6.25. The number of anilines is 2. The summed E-state index contributed by atoms with van der Waals surface area (Å²) in [6.07, 6.45) is 0.281. The average molecular weight is 358 g/mol. The first-order valence-electron chi connectivity index (χ1n) is 8.13. The maximum atomic E-state index is 12.3. The first-order chi connectivity index (χ1) is 11.9. The van der Waals surface area contributed by atoms with Gasteiger partial charge in [0.05, 0.1) is 16.8 Å². The Hall–Kier alpha value is -2.53. The molecule has 130 valence electrons. The number of carbonyl (C=O) groups is 2. The molecule has 0 aromatic heterocycles. The van der Waals surface area contributed by atoms with Gasteiger partial charge in [-0.25, -0.2) is 4.79 Å². The average Bonchev–Trinajstić information content (AvgIpc) is 2.92. The summed E-state index contributed by atoms with van der Waals surface area (Å²) in [5.74, 6) is 0.00583. The maximum Gasteiger partial charge on any atom is 0.319 e. The van der Waals surface area contributed by atoms with Crippen molar-refractivity contribution in [2.45, 2.75) is 26.3 Å². The molecule has 0 bridgehead atoms. The predicted molar refractivity (Wildman–Crippen MR) is 100 cm³/mol. The first-order valence-corrected chi connectivity index (χ1v) is 8.51. The molecule has 5 nitrogen and oxygen atoms in total. The zero-order chi connectivity index (χ0) is 18.0. The van der Waals surface area contributed by atoms with E-state index in [0.29, 0.717) is 17.3 Å². The van der Waals surface area contributed by atoms with Crippen molar-refractivity contribution >= 4 is 34.9 Å². The van der Waals surface area contributed by atoms with Crippen LogP contribution >= 0.6 is 11.6 Å². The van der Waals surface area contributed by atoms with Crippen LogP contribution in [0.25, 0.3) is 0 Å². The van der Waals surface area contributed by atoms with Crippen LogP contribution in [-0.2, 0) is 4.79 Å². The van der Waals surface area contributed by atoms with Crippen LogP contribution in [0, 0.1) is 13.8 Å². The van der Waals surface area contributed by atoms with Gasteiger partial charge in [0.15, 0.2) is 0 Å². The Bertz CT molecular complexity index is 822. The minimum absolute atomic E-state index is 0.00583. The lowest BCUT2D eigenvalue weighted by Crippen LogP contribution is -2.39. The number of para-hydroxylation sites is 1. The van der Waals surface area contributed by atoms with E-state index in [9.17, 15) is 9.59 Å². The highest BCUT2D eigenvalue weighted by molar-refractivity contribution is 6.33. The number of carbonyl (C=O) groups excluding carboxylic acids is 2. The second-order valence-corrected chi connectivity index (χ2v) is 6.66. The number of halogens is 1. The molecule has 3 amide bonds. The Morgan fingerprint density at radius 3 is 2.64 bits per heavy atom. The van der Waals surface area contributed by atoms with E-state index in [2.05, 4.69) is 10.6 Å². The number of urea groups is 1. The van der Waals surface area contributed by atoms with Crippen LogP contribution in [0.15, 0.2) is 42.5 Å². The molecule has 6 heteroatoms. The molecule has 2 aromatic rings. The van der Waals surface area contributed by atoms with Crippen molar-refractivity contribution in [3.05, 3.63) is 58.6 Å². The van der Waals surface area contributed by atoms with Gasteiger partial charge in [-0.2, -0.15) is 0 Å². The molecule has 2 N–H and O–H groups in total. The van der Waals surface area contributed by atoms with Crippen LogP contribution in [-0.4, -0.2) is 24.5 Å². The number of hydrogen-bond acceptors (Lipinski definition) is 2. The van der Waals surface area contributed by atoms with Crippen LogP contribution in [0.5, 0.6) is 0 Å². The van der Waals surface area contributed by atoms with E-state index in [4.69, 9.17) is 11.6 Å². The lowest BCUT2D eigenvalue weighted by molar-refractivity contribution is -0.117. The lowest BCUT2D eigenvalue weighted by atomic mass is 10.1. The minimum Gasteiger partial charge on any atom is -0.333 e. The second kappa shape index (κ2) is 7.15. The largest absolute Gasteiger partial charge is 0.333 e. The molecule has 1 unspecified atom stereocenters. The van der Waals surface area contributed by atoms with Crippen molar-refractivity contribution in [2.24, 2.45) is 0 Å². The molecular formula is C19H20ClN3O2. The van der Waals surface area contributed by atoms with Gasteiger partial charge in [0.2, 0.25) is 5.91 Å². The molecule has 0 saturated carbocycles. The fourth-order valence-electron chi connectivity index (χ4n) is 2.85. The Balaban J connectivity index is 1.63. The maximum absolute atomic E-state index is 12.3. The highest BCUT2D eigenvalue weighted by Gasteiger charge is 2.31. The third-order valence-electron chi connectivity index (χ3n) is 4.38. The van der Waals surface area contributed by atoms with Crippen LogP contribution in [0.3, 0.4) is 0 Å². The van der Waals surface area contributed by atoms with Crippen molar-refractivity contribution in [1.29, 1.82) is 0 Å². The van der Waals surface area contributed by atoms with Gasteiger partial charge in [0, 0.05) is 18.7 Å². The highest BCUT2D eigenvalue weighted by atomic mass is 35.5. The molecule has 1 fully saturated rings. The zero-order valence-corrected chi connectivity index (χ0v) is 14.9. The summed E-state index contributed by atoms with van der Waals surface area (Å²) >= 11 is 6.03. The predicted octanol–water partition coefficient (Wildman–Crippen LogP) is 3.88. The van der Waals surface area contributed by atoms with E-state index in [1.807, 2.05) is 32.0 Å². The number of rotatable bonds is 3. The number of benzene rings is 2. The topological polar surface area (TPSA) is 61.4 Å². The molecule has 1 aliphatic heterocycles. The summed E-state index contributed by atoms with van der Waals surface area (Å²) in [6, 6.07) is 12.4. The summed E-state index contributed by atoms with van der Waals surface area (Å²) in [6.45, 7) is 4.51. The molecule has 1 aliphatic rings. The van der Waals surface area contributed by atoms with E-state index in [1.54, 1.807) is 29.2 Å². The summed E-state index contributed by atoms with van der Waals surface area (Å²) in [7, 11) is 0.